The number of benzene rings is 18. The SMILES string of the molecule is Cc1ccc(N(c2ccc(C)cc2)c2ccc(N(C)c3c4ccccc4cc4ccccc34)cc2)cc1.Cc1ccc(N(c2ccc(C)cc2)c2ccc(N(C)c3cc4ccccc4c4ccccc34)cc2)cc1.Cc1ccc(N(c2ccc(C)cc2)c2ccc(N(C)c3ccc4cc5ccccc5cc4c3)cc2)cc1. The topological polar surface area (TPSA) is 19.4 Å². The number of aryl methyl sites for hydroxylation is 6. The molecule has 111 heavy (non-hydrogen) atoms. The van der Waals surface area contributed by atoms with Gasteiger partial charge in [-0.1, -0.05) is 234 Å². The first-order valence-corrected chi connectivity index (χ1v) is 38.3. The van der Waals surface area contributed by atoms with Crippen LogP contribution in [0.15, 0.2) is 382 Å². The number of rotatable bonds is 15. The summed E-state index contributed by atoms with van der Waals surface area (Å²) < 4.78 is 0. The number of hydrogen-bond acceptors (Lipinski definition) is 6. The maximum absolute atomic E-state index is 2.32. The first-order valence-electron chi connectivity index (χ1n) is 38.3. The summed E-state index contributed by atoms with van der Waals surface area (Å²) in [6.45, 7) is 12.8. The largest absolute Gasteiger partial charge is 0.345 e. The lowest BCUT2D eigenvalue weighted by atomic mass is 9.99. The third-order valence-electron chi connectivity index (χ3n) is 21.5. The zero-order chi connectivity index (χ0) is 76.1. The Morgan fingerprint density at radius 3 is 0.748 bits per heavy atom. The van der Waals surface area contributed by atoms with E-state index < -0.39 is 0 Å². The van der Waals surface area contributed by atoms with Crippen LogP contribution in [-0.4, -0.2) is 21.1 Å². The quantitative estimate of drug-likeness (QED) is 0.0747. The van der Waals surface area contributed by atoms with Gasteiger partial charge >= 0.3 is 0 Å². The molecule has 18 aromatic rings. The van der Waals surface area contributed by atoms with Crippen LogP contribution in [0.1, 0.15) is 33.4 Å². The number of anilines is 15. The Morgan fingerprint density at radius 2 is 0.387 bits per heavy atom. The molecule has 0 amide bonds. The Balaban J connectivity index is 0.000000126. The standard InChI is InChI=1S/3C35H30N2/c1-25-12-16-30(17-13-25)37(31-18-14-26(2)15-19-31)32-22-20-29(21-23-32)36(3)35-33-10-6-4-8-27(33)24-28-9-5-7-11-34(28)35;1-25-12-16-29(17-13-25)37(30-18-14-26(2)15-19-30)31-22-20-28(21-23-31)36(3)35-24-27-8-4-5-9-32(27)33-10-6-7-11-34(33)35;1-25-8-13-32(14-9-25)37(33-15-10-26(2)11-16-33)34-20-18-31(19-21-34)36(3)35-17-12-29-22-27-6-4-5-7-28(27)23-30(29)24-35/h3*4-24H,1-3H3. The molecule has 0 aliphatic rings. The highest BCUT2D eigenvalue weighted by atomic mass is 15.2. The summed E-state index contributed by atoms with van der Waals surface area (Å²) in [5, 5.41) is 15.2. The van der Waals surface area contributed by atoms with E-state index in [2.05, 4.69) is 474 Å². The maximum atomic E-state index is 2.32. The van der Waals surface area contributed by atoms with Crippen molar-refractivity contribution in [2.24, 2.45) is 0 Å². The monoisotopic (exact) mass is 1430 g/mol. The normalized spacial score (nSPS) is 11.1. The van der Waals surface area contributed by atoms with E-state index in [-0.39, 0.29) is 0 Å². The van der Waals surface area contributed by atoms with Gasteiger partial charge in [-0.25, -0.2) is 0 Å². The fourth-order valence-corrected chi connectivity index (χ4v) is 15.2. The highest BCUT2D eigenvalue weighted by Crippen LogP contribution is 2.44. The van der Waals surface area contributed by atoms with Gasteiger partial charge < -0.3 is 29.4 Å². The van der Waals surface area contributed by atoms with Crippen molar-refractivity contribution >= 4 is 150 Å². The Kier molecular flexibility index (Phi) is 20.4. The van der Waals surface area contributed by atoms with E-state index in [4.69, 9.17) is 0 Å². The van der Waals surface area contributed by atoms with E-state index in [0.29, 0.717) is 0 Å². The molecule has 6 heteroatoms. The van der Waals surface area contributed by atoms with Crippen molar-refractivity contribution in [3.63, 3.8) is 0 Å². The average Bonchev–Trinajstić information content (AvgIpc) is 0.774. The molecule has 0 spiro atoms. The second-order valence-corrected chi connectivity index (χ2v) is 29.3. The van der Waals surface area contributed by atoms with E-state index in [0.717, 1.165) is 68.2 Å². The van der Waals surface area contributed by atoms with Gasteiger partial charge in [0.15, 0.2) is 0 Å². The van der Waals surface area contributed by atoms with Crippen LogP contribution in [0.2, 0.25) is 0 Å². The molecule has 0 N–H and O–H groups in total. The van der Waals surface area contributed by atoms with Gasteiger partial charge in [-0.15, -0.1) is 0 Å². The molecule has 0 heterocycles. The highest BCUT2D eigenvalue weighted by Gasteiger charge is 2.20. The molecule has 0 saturated carbocycles. The summed E-state index contributed by atoms with van der Waals surface area (Å²) in [6.07, 6.45) is 0. The summed E-state index contributed by atoms with van der Waals surface area (Å²) in [7, 11) is 6.46. The van der Waals surface area contributed by atoms with Crippen LogP contribution in [0.4, 0.5) is 85.3 Å². The van der Waals surface area contributed by atoms with Crippen LogP contribution in [0.25, 0.3) is 64.6 Å². The van der Waals surface area contributed by atoms with Crippen LogP contribution < -0.4 is 29.4 Å². The zero-order valence-electron chi connectivity index (χ0n) is 64.6. The molecule has 540 valence electrons. The Hall–Kier alpha value is -13.7. The van der Waals surface area contributed by atoms with Crippen LogP contribution in [0, 0.1) is 41.5 Å². The molecule has 0 aromatic heterocycles. The lowest BCUT2D eigenvalue weighted by molar-refractivity contribution is 1.20. The molecule has 0 saturated heterocycles. The van der Waals surface area contributed by atoms with E-state index in [9.17, 15) is 0 Å². The van der Waals surface area contributed by atoms with Crippen molar-refractivity contribution in [3.8, 4) is 0 Å². The third kappa shape index (κ3) is 15.3. The fourth-order valence-electron chi connectivity index (χ4n) is 15.2. The van der Waals surface area contributed by atoms with Gasteiger partial charge in [0.05, 0.1) is 5.69 Å². The minimum atomic E-state index is 1.13. The molecule has 18 aromatic carbocycles. The van der Waals surface area contributed by atoms with Crippen LogP contribution >= 0.6 is 0 Å². The minimum absolute atomic E-state index is 1.13. The Bertz CT molecular complexity index is 6070. The van der Waals surface area contributed by atoms with Gasteiger partial charge in [-0.3, -0.25) is 0 Å². The summed E-state index contributed by atoms with van der Waals surface area (Å²) in [4.78, 5) is 13.8. The molecule has 6 nitrogen and oxygen atoms in total. The van der Waals surface area contributed by atoms with Gasteiger partial charge in [0, 0.05) is 117 Å². The van der Waals surface area contributed by atoms with Crippen molar-refractivity contribution in [3.05, 3.63) is 416 Å². The molecular weight excluding hydrogens is 1350 g/mol. The van der Waals surface area contributed by atoms with Gasteiger partial charge in [-0.2, -0.15) is 0 Å². The lowest BCUT2D eigenvalue weighted by Crippen LogP contribution is -2.12. The first-order chi connectivity index (χ1) is 54.2. The first kappa shape index (κ1) is 71.6. The van der Waals surface area contributed by atoms with E-state index in [1.807, 2.05) is 0 Å². The van der Waals surface area contributed by atoms with Gasteiger partial charge in [0.2, 0.25) is 0 Å². The summed E-state index contributed by atoms with van der Waals surface area (Å²) >= 11 is 0. The minimum Gasteiger partial charge on any atom is -0.345 e. The predicted octanol–water partition coefficient (Wildman–Crippen LogP) is 29.5. The molecule has 0 fully saturated rings. The fraction of sp³-hybridized carbons (Fsp3) is 0.0857. The van der Waals surface area contributed by atoms with Crippen LogP contribution in [0.3, 0.4) is 0 Å². The molecule has 0 aliphatic heterocycles. The molecule has 0 bridgehead atoms. The smallest absolute Gasteiger partial charge is 0.0567 e. The lowest BCUT2D eigenvalue weighted by Gasteiger charge is -2.27. The molecule has 0 unspecified atom stereocenters. The highest BCUT2D eigenvalue weighted by molar-refractivity contribution is 6.14. The molecule has 18 rings (SSSR count). The molecule has 0 aliphatic carbocycles. The Morgan fingerprint density at radius 1 is 0.153 bits per heavy atom. The second kappa shape index (κ2) is 31.6. The van der Waals surface area contributed by atoms with Crippen LogP contribution in [0.5, 0.6) is 0 Å². The van der Waals surface area contributed by atoms with E-state index in [1.54, 1.807) is 0 Å². The molecule has 0 radical (unpaired) electrons. The number of nitrogens with zero attached hydrogens (tertiary/aromatic N) is 6. The summed E-state index contributed by atoms with van der Waals surface area (Å²) in [6, 6.07) is 138. The number of hydrogen-bond donors (Lipinski definition) is 0. The zero-order valence-corrected chi connectivity index (χ0v) is 64.6. The predicted molar refractivity (Wildman–Crippen MR) is 480 cm³/mol. The second-order valence-electron chi connectivity index (χ2n) is 29.3. The van der Waals surface area contributed by atoms with E-state index >= 15 is 0 Å². The molecular formula is C105H90N6. The van der Waals surface area contributed by atoms with Crippen molar-refractivity contribution in [1.82, 2.24) is 0 Å². The molecule has 0 atom stereocenters. The summed E-state index contributed by atoms with van der Waals surface area (Å²) in [5.74, 6) is 0. The average molecular weight is 1440 g/mol. The Labute approximate surface area is 653 Å². The maximum Gasteiger partial charge on any atom is 0.0567 e. The van der Waals surface area contributed by atoms with Crippen molar-refractivity contribution in [2.45, 2.75) is 41.5 Å². The van der Waals surface area contributed by atoms with Crippen molar-refractivity contribution < 1.29 is 0 Å². The van der Waals surface area contributed by atoms with Gasteiger partial charge in [0.1, 0.15) is 0 Å². The third-order valence-corrected chi connectivity index (χ3v) is 21.5. The van der Waals surface area contributed by atoms with Gasteiger partial charge in [-0.05, 0) is 272 Å². The van der Waals surface area contributed by atoms with Crippen LogP contribution in [-0.2, 0) is 0 Å². The van der Waals surface area contributed by atoms with Crippen molar-refractivity contribution in [2.75, 3.05) is 50.5 Å². The van der Waals surface area contributed by atoms with Gasteiger partial charge in [0.25, 0.3) is 0 Å². The van der Waals surface area contributed by atoms with E-state index in [1.165, 1.54) is 115 Å². The van der Waals surface area contributed by atoms with Crippen molar-refractivity contribution in [1.29, 1.82) is 0 Å². The number of fused-ring (bicyclic) bond motifs is 7. The summed E-state index contributed by atoms with van der Waals surface area (Å²) in [5.41, 5.74) is 24.9.